The van der Waals surface area contributed by atoms with Crippen LogP contribution in [0.1, 0.15) is 58.8 Å². The molecule has 5 fully saturated rings. The minimum absolute atomic E-state index is 0.0878. The Morgan fingerprint density at radius 3 is 2.45 bits per heavy atom. The Kier molecular flexibility index (Phi) is 5.74. The Labute approximate surface area is 193 Å². The number of aliphatic imine (C=N–C) groups is 1. The van der Waals surface area contributed by atoms with Crippen molar-refractivity contribution in [3.63, 3.8) is 0 Å². The second kappa shape index (κ2) is 8.26. The SMILES string of the molecule is CCCN1C(=NC23CC4CC(CC(C4)C2)C3)SCC1N(C(C)=O)c1ccc(Cl)cc1F. The van der Waals surface area contributed by atoms with E-state index in [9.17, 15) is 9.18 Å². The van der Waals surface area contributed by atoms with Crippen LogP contribution in [0.3, 0.4) is 0 Å². The molecule has 0 radical (unpaired) electrons. The van der Waals surface area contributed by atoms with Crippen molar-refractivity contribution >= 4 is 40.1 Å². The smallest absolute Gasteiger partial charge is 0.225 e. The van der Waals surface area contributed by atoms with Gasteiger partial charge in [0.15, 0.2) is 5.17 Å². The zero-order valence-corrected chi connectivity index (χ0v) is 19.9. The lowest BCUT2D eigenvalue weighted by Gasteiger charge is -2.55. The van der Waals surface area contributed by atoms with Crippen molar-refractivity contribution in [2.24, 2.45) is 22.7 Å². The number of halogens is 2. The van der Waals surface area contributed by atoms with Gasteiger partial charge in [0.2, 0.25) is 5.91 Å². The molecular formula is C24H31ClFN3OS. The molecule has 4 nitrogen and oxygen atoms in total. The van der Waals surface area contributed by atoms with Crippen LogP contribution in [0.4, 0.5) is 10.1 Å². The van der Waals surface area contributed by atoms with Gasteiger partial charge in [0, 0.05) is 24.2 Å². The summed E-state index contributed by atoms with van der Waals surface area (Å²) in [6, 6.07) is 4.54. The molecule has 5 aliphatic rings. The first-order chi connectivity index (χ1) is 14.9. The average Bonchev–Trinajstić information content (AvgIpc) is 3.04. The summed E-state index contributed by atoms with van der Waals surface area (Å²) in [6.45, 7) is 4.46. The number of anilines is 1. The molecule has 0 aromatic heterocycles. The molecule has 1 atom stereocenters. The first kappa shape index (κ1) is 21.6. The molecule has 7 heteroatoms. The van der Waals surface area contributed by atoms with Gasteiger partial charge in [-0.2, -0.15) is 0 Å². The van der Waals surface area contributed by atoms with Gasteiger partial charge < -0.3 is 4.90 Å². The number of amides is 1. The molecule has 31 heavy (non-hydrogen) atoms. The van der Waals surface area contributed by atoms with E-state index < -0.39 is 5.82 Å². The van der Waals surface area contributed by atoms with Crippen LogP contribution in [0.15, 0.2) is 23.2 Å². The number of hydrogen-bond donors (Lipinski definition) is 0. The molecule has 168 valence electrons. The predicted octanol–water partition coefficient (Wildman–Crippen LogP) is 5.94. The maximum Gasteiger partial charge on any atom is 0.225 e. The third kappa shape index (κ3) is 3.99. The lowest BCUT2D eigenvalue weighted by Crippen LogP contribution is -2.52. The maximum absolute atomic E-state index is 14.8. The fourth-order valence-corrected chi connectivity index (χ4v) is 8.29. The Bertz CT molecular complexity index is 872. The van der Waals surface area contributed by atoms with E-state index in [1.165, 1.54) is 51.5 Å². The summed E-state index contributed by atoms with van der Waals surface area (Å²) in [5.41, 5.74) is 0.379. The number of amidine groups is 1. The number of nitrogens with zero attached hydrogens (tertiary/aromatic N) is 3. The summed E-state index contributed by atoms with van der Waals surface area (Å²) < 4.78 is 14.8. The van der Waals surface area contributed by atoms with E-state index in [1.807, 2.05) is 0 Å². The summed E-state index contributed by atoms with van der Waals surface area (Å²) in [6.07, 6.45) is 8.56. The maximum atomic E-state index is 14.8. The molecule has 1 aromatic carbocycles. The van der Waals surface area contributed by atoms with Crippen molar-refractivity contribution in [2.75, 3.05) is 17.2 Å². The van der Waals surface area contributed by atoms with Crippen molar-refractivity contribution in [1.29, 1.82) is 0 Å². The normalized spacial score (nSPS) is 35.2. The van der Waals surface area contributed by atoms with E-state index in [-0.39, 0.29) is 17.6 Å². The van der Waals surface area contributed by atoms with Gasteiger partial charge in [0.05, 0.1) is 11.2 Å². The summed E-state index contributed by atoms with van der Waals surface area (Å²) >= 11 is 7.69. The highest BCUT2D eigenvalue weighted by Gasteiger charge is 2.52. The summed E-state index contributed by atoms with van der Waals surface area (Å²) in [5.74, 6) is 2.60. The largest absolute Gasteiger partial charge is 0.330 e. The van der Waals surface area contributed by atoms with Crippen LogP contribution in [-0.4, -0.2) is 40.0 Å². The van der Waals surface area contributed by atoms with E-state index in [1.54, 1.807) is 28.8 Å². The minimum atomic E-state index is -0.462. The molecule has 1 amide bonds. The van der Waals surface area contributed by atoms with Crippen LogP contribution < -0.4 is 4.90 Å². The molecule has 1 aromatic rings. The number of carbonyl (C=O) groups excluding carboxylic acids is 1. The van der Waals surface area contributed by atoms with Crippen LogP contribution in [-0.2, 0) is 4.79 Å². The van der Waals surface area contributed by atoms with Gasteiger partial charge in [-0.1, -0.05) is 30.3 Å². The highest BCUT2D eigenvalue weighted by molar-refractivity contribution is 8.14. The lowest BCUT2D eigenvalue weighted by molar-refractivity contribution is -0.117. The zero-order chi connectivity index (χ0) is 21.8. The number of thioether (sulfide) groups is 1. The van der Waals surface area contributed by atoms with Gasteiger partial charge in [-0.15, -0.1) is 0 Å². The van der Waals surface area contributed by atoms with Crippen molar-refractivity contribution in [1.82, 2.24) is 4.90 Å². The topological polar surface area (TPSA) is 35.9 Å². The van der Waals surface area contributed by atoms with Gasteiger partial charge in [-0.05, 0) is 80.9 Å². The monoisotopic (exact) mass is 463 g/mol. The molecule has 6 rings (SSSR count). The van der Waals surface area contributed by atoms with E-state index in [0.29, 0.717) is 16.5 Å². The zero-order valence-electron chi connectivity index (χ0n) is 18.3. The standard InChI is InChI=1S/C24H31ClFN3OS/c1-3-6-28-22(29(15(2)30)21-5-4-19(25)10-20(21)26)14-31-23(28)27-24-11-16-7-17(12-24)9-18(8-16)13-24/h4-5,10,16-18,22H,3,6-9,11-14H2,1-2H3. The summed E-state index contributed by atoms with van der Waals surface area (Å²) in [4.78, 5) is 22.0. The molecule has 0 N–H and O–H groups in total. The van der Waals surface area contributed by atoms with Gasteiger partial charge in [0.1, 0.15) is 12.0 Å². The Hall–Kier alpha value is -1.27. The minimum Gasteiger partial charge on any atom is -0.330 e. The fraction of sp³-hybridized carbons (Fsp3) is 0.667. The Balaban J connectivity index is 1.46. The highest BCUT2D eigenvalue weighted by atomic mass is 35.5. The first-order valence-corrected chi connectivity index (χ1v) is 13.0. The second-order valence-electron chi connectivity index (χ2n) is 10.0. The second-order valence-corrected chi connectivity index (χ2v) is 11.4. The highest BCUT2D eigenvalue weighted by Crippen LogP contribution is 2.57. The first-order valence-electron chi connectivity index (χ1n) is 11.6. The third-order valence-electron chi connectivity index (χ3n) is 7.58. The van der Waals surface area contributed by atoms with Gasteiger partial charge in [-0.3, -0.25) is 14.7 Å². The average molecular weight is 464 g/mol. The van der Waals surface area contributed by atoms with E-state index in [0.717, 1.165) is 35.9 Å². The van der Waals surface area contributed by atoms with Crippen molar-refractivity contribution in [3.05, 3.63) is 29.0 Å². The number of benzene rings is 1. The number of carbonyl (C=O) groups is 1. The van der Waals surface area contributed by atoms with Gasteiger partial charge in [-0.25, -0.2) is 4.39 Å². The molecule has 1 aliphatic heterocycles. The number of hydrogen-bond acceptors (Lipinski definition) is 3. The molecule has 4 saturated carbocycles. The van der Waals surface area contributed by atoms with E-state index >= 15 is 0 Å². The third-order valence-corrected chi connectivity index (χ3v) is 8.86. The molecule has 1 unspecified atom stereocenters. The van der Waals surface area contributed by atoms with Crippen molar-refractivity contribution < 1.29 is 9.18 Å². The van der Waals surface area contributed by atoms with Crippen LogP contribution in [0, 0.1) is 23.6 Å². The van der Waals surface area contributed by atoms with Gasteiger partial charge >= 0.3 is 0 Å². The van der Waals surface area contributed by atoms with Crippen molar-refractivity contribution in [3.8, 4) is 0 Å². The molecule has 4 aliphatic carbocycles. The van der Waals surface area contributed by atoms with Gasteiger partial charge in [0.25, 0.3) is 0 Å². The lowest BCUT2D eigenvalue weighted by atomic mass is 9.53. The van der Waals surface area contributed by atoms with Crippen LogP contribution >= 0.6 is 23.4 Å². The van der Waals surface area contributed by atoms with Crippen molar-refractivity contribution in [2.45, 2.75) is 70.5 Å². The quantitative estimate of drug-likeness (QED) is 0.542. The molecular weight excluding hydrogens is 433 g/mol. The molecule has 1 heterocycles. The number of rotatable bonds is 5. The molecule has 0 spiro atoms. The Morgan fingerprint density at radius 2 is 1.90 bits per heavy atom. The van der Waals surface area contributed by atoms with E-state index in [2.05, 4.69) is 11.8 Å². The van der Waals surface area contributed by atoms with E-state index in [4.69, 9.17) is 16.6 Å². The Morgan fingerprint density at radius 1 is 1.26 bits per heavy atom. The summed E-state index contributed by atoms with van der Waals surface area (Å²) in [5, 5.41) is 1.38. The predicted molar refractivity (Wildman–Crippen MR) is 126 cm³/mol. The summed E-state index contributed by atoms with van der Waals surface area (Å²) in [7, 11) is 0. The molecule has 4 bridgehead atoms. The molecule has 1 saturated heterocycles. The van der Waals surface area contributed by atoms with Crippen LogP contribution in [0.5, 0.6) is 0 Å². The van der Waals surface area contributed by atoms with Crippen LogP contribution in [0.25, 0.3) is 0 Å². The van der Waals surface area contributed by atoms with Crippen LogP contribution in [0.2, 0.25) is 5.02 Å². The fourth-order valence-electron chi connectivity index (χ4n) is 6.87.